The van der Waals surface area contributed by atoms with Crippen molar-refractivity contribution >= 4 is 16.8 Å². The number of nitrogens with zero attached hydrogens (tertiary/aromatic N) is 1. The molecule has 2 aliphatic heterocycles. The van der Waals surface area contributed by atoms with Crippen LogP contribution in [0.25, 0.3) is 10.9 Å². The standard InChI is InChI=1S/C26H37N3O/c1-3-5-6-9-17-27-23(30)13-16-26(4-2)15-10-18-29-19-14-21-20-11-7-8-12-22(20)28-24(21)25(26)29/h3,7-8,11-12,25,28H,1,4-6,9-10,13-19H2,2H3,(H,27,30)/t25-,26-/m1/s1. The van der Waals surface area contributed by atoms with Crippen molar-refractivity contribution < 1.29 is 4.79 Å². The van der Waals surface area contributed by atoms with E-state index in [1.165, 1.54) is 41.5 Å². The van der Waals surface area contributed by atoms with Crippen molar-refractivity contribution in [2.24, 2.45) is 5.41 Å². The minimum atomic E-state index is 0.175. The van der Waals surface area contributed by atoms with Gasteiger partial charge in [-0.25, -0.2) is 0 Å². The van der Waals surface area contributed by atoms with E-state index in [2.05, 4.69) is 53.0 Å². The van der Waals surface area contributed by atoms with Gasteiger partial charge >= 0.3 is 0 Å². The Kier molecular flexibility index (Phi) is 6.62. The SMILES string of the molecule is C=CCCCCNC(=O)CC[C@@]1(CC)CCCN2CCc3c([nH]c4ccccc34)[C@@H]21. The molecule has 4 rings (SSSR count). The van der Waals surface area contributed by atoms with Crippen LogP contribution in [0.4, 0.5) is 0 Å². The predicted octanol–water partition coefficient (Wildman–Crippen LogP) is 5.51. The highest BCUT2D eigenvalue weighted by molar-refractivity contribution is 5.85. The number of para-hydroxylation sites is 1. The summed E-state index contributed by atoms with van der Waals surface area (Å²) < 4.78 is 0. The number of carbonyl (C=O) groups is 1. The minimum absolute atomic E-state index is 0.175. The van der Waals surface area contributed by atoms with E-state index >= 15 is 0 Å². The maximum absolute atomic E-state index is 12.6. The van der Waals surface area contributed by atoms with Crippen molar-refractivity contribution in [2.75, 3.05) is 19.6 Å². The maximum Gasteiger partial charge on any atom is 0.220 e. The molecule has 0 bridgehead atoms. The number of aromatic amines is 1. The number of hydrogen-bond donors (Lipinski definition) is 2. The normalized spacial score (nSPS) is 23.7. The Hall–Kier alpha value is -2.07. The Balaban J connectivity index is 1.50. The number of rotatable bonds is 9. The highest BCUT2D eigenvalue weighted by Crippen LogP contribution is 2.53. The molecule has 4 nitrogen and oxygen atoms in total. The van der Waals surface area contributed by atoms with Crippen LogP contribution in [0.5, 0.6) is 0 Å². The first-order chi connectivity index (χ1) is 14.7. The summed E-state index contributed by atoms with van der Waals surface area (Å²) in [5, 5.41) is 4.53. The molecule has 1 aromatic carbocycles. The first kappa shape index (κ1) is 21.2. The van der Waals surface area contributed by atoms with Crippen LogP contribution in [-0.4, -0.2) is 35.4 Å². The molecule has 1 aromatic heterocycles. The Bertz CT molecular complexity index is 886. The second-order valence-corrected chi connectivity index (χ2v) is 9.21. The van der Waals surface area contributed by atoms with Gasteiger partial charge in [0.2, 0.25) is 5.91 Å². The Morgan fingerprint density at radius 3 is 3.03 bits per heavy atom. The molecule has 1 fully saturated rings. The zero-order chi connectivity index (χ0) is 21.0. The first-order valence-corrected chi connectivity index (χ1v) is 11.9. The van der Waals surface area contributed by atoms with E-state index in [0.717, 1.165) is 51.6 Å². The van der Waals surface area contributed by atoms with Crippen molar-refractivity contribution in [3.8, 4) is 0 Å². The van der Waals surface area contributed by atoms with Gasteiger partial charge in [-0.3, -0.25) is 9.69 Å². The third-order valence-corrected chi connectivity index (χ3v) is 7.55. The summed E-state index contributed by atoms with van der Waals surface area (Å²) in [6.45, 7) is 9.19. The zero-order valence-corrected chi connectivity index (χ0v) is 18.5. The van der Waals surface area contributed by atoms with Gasteiger partial charge in [-0.1, -0.05) is 31.2 Å². The van der Waals surface area contributed by atoms with Crippen molar-refractivity contribution in [2.45, 2.75) is 70.8 Å². The molecule has 162 valence electrons. The summed E-state index contributed by atoms with van der Waals surface area (Å²) in [5.41, 5.74) is 4.37. The van der Waals surface area contributed by atoms with Gasteiger partial charge in [-0.2, -0.15) is 0 Å². The summed E-state index contributed by atoms with van der Waals surface area (Å²) in [7, 11) is 0. The summed E-state index contributed by atoms with van der Waals surface area (Å²) in [6, 6.07) is 9.14. The molecule has 1 saturated heterocycles. The van der Waals surface area contributed by atoms with E-state index in [1.54, 1.807) is 0 Å². The second kappa shape index (κ2) is 9.38. The third kappa shape index (κ3) is 4.07. The van der Waals surface area contributed by atoms with Crippen molar-refractivity contribution in [1.29, 1.82) is 0 Å². The maximum atomic E-state index is 12.6. The van der Waals surface area contributed by atoms with Crippen LogP contribution in [0.1, 0.15) is 75.6 Å². The number of aromatic nitrogens is 1. The molecule has 0 radical (unpaired) electrons. The molecule has 2 aromatic rings. The monoisotopic (exact) mass is 407 g/mol. The van der Waals surface area contributed by atoms with E-state index in [0.29, 0.717) is 12.5 Å². The van der Waals surface area contributed by atoms with Gasteiger partial charge in [0.15, 0.2) is 0 Å². The van der Waals surface area contributed by atoms with Crippen LogP contribution >= 0.6 is 0 Å². The Labute approximate surface area is 181 Å². The highest BCUT2D eigenvalue weighted by atomic mass is 16.1. The molecular weight excluding hydrogens is 370 g/mol. The zero-order valence-electron chi connectivity index (χ0n) is 18.5. The van der Waals surface area contributed by atoms with E-state index < -0.39 is 0 Å². The van der Waals surface area contributed by atoms with Crippen molar-refractivity contribution in [1.82, 2.24) is 15.2 Å². The number of amides is 1. The number of allylic oxidation sites excluding steroid dienone is 1. The quantitative estimate of drug-likeness (QED) is 0.425. The minimum Gasteiger partial charge on any atom is -0.357 e. The molecule has 2 N–H and O–H groups in total. The molecular formula is C26H37N3O. The lowest BCUT2D eigenvalue weighted by Crippen LogP contribution is -2.49. The lowest BCUT2D eigenvalue weighted by atomic mass is 9.65. The highest BCUT2D eigenvalue weighted by Gasteiger charge is 2.47. The number of H-pyrrole nitrogens is 1. The van der Waals surface area contributed by atoms with Gasteiger partial charge < -0.3 is 10.3 Å². The molecule has 4 heteroatoms. The average molecular weight is 408 g/mol. The fraction of sp³-hybridized carbons (Fsp3) is 0.577. The molecule has 0 unspecified atom stereocenters. The van der Waals surface area contributed by atoms with E-state index in [4.69, 9.17) is 0 Å². The topological polar surface area (TPSA) is 48.1 Å². The Morgan fingerprint density at radius 2 is 2.20 bits per heavy atom. The number of hydrogen-bond acceptors (Lipinski definition) is 2. The van der Waals surface area contributed by atoms with Crippen LogP contribution in [0.15, 0.2) is 36.9 Å². The smallest absolute Gasteiger partial charge is 0.220 e. The van der Waals surface area contributed by atoms with Gasteiger partial charge in [-0.05, 0) is 75.0 Å². The number of benzene rings is 1. The first-order valence-electron chi connectivity index (χ1n) is 11.9. The Morgan fingerprint density at radius 1 is 1.33 bits per heavy atom. The van der Waals surface area contributed by atoms with E-state index in [9.17, 15) is 4.79 Å². The van der Waals surface area contributed by atoms with Crippen LogP contribution in [0.2, 0.25) is 0 Å². The van der Waals surface area contributed by atoms with Gasteiger partial charge in [0.1, 0.15) is 0 Å². The number of unbranched alkanes of at least 4 members (excludes halogenated alkanes) is 2. The van der Waals surface area contributed by atoms with Crippen LogP contribution in [-0.2, 0) is 11.2 Å². The molecule has 30 heavy (non-hydrogen) atoms. The second-order valence-electron chi connectivity index (χ2n) is 9.21. The third-order valence-electron chi connectivity index (χ3n) is 7.55. The lowest BCUT2D eigenvalue weighted by molar-refractivity contribution is -0.122. The van der Waals surface area contributed by atoms with Crippen molar-refractivity contribution in [3.63, 3.8) is 0 Å². The number of piperidine rings is 1. The molecule has 2 aliphatic rings. The predicted molar refractivity (Wildman–Crippen MR) is 125 cm³/mol. The van der Waals surface area contributed by atoms with Gasteiger partial charge in [0.05, 0.1) is 6.04 Å². The lowest BCUT2D eigenvalue weighted by Gasteiger charge is -2.52. The summed E-state index contributed by atoms with van der Waals surface area (Å²) in [6.07, 6.45) is 11.4. The van der Waals surface area contributed by atoms with Crippen LogP contribution in [0, 0.1) is 5.41 Å². The fourth-order valence-electron chi connectivity index (χ4n) is 5.90. The molecule has 1 amide bonds. The molecule has 0 spiro atoms. The fourth-order valence-corrected chi connectivity index (χ4v) is 5.90. The average Bonchev–Trinajstić information content (AvgIpc) is 3.16. The molecule has 3 heterocycles. The van der Waals surface area contributed by atoms with E-state index in [-0.39, 0.29) is 11.3 Å². The largest absolute Gasteiger partial charge is 0.357 e. The number of nitrogens with one attached hydrogen (secondary N) is 2. The summed E-state index contributed by atoms with van der Waals surface area (Å²) in [5.74, 6) is 0.214. The van der Waals surface area contributed by atoms with Gasteiger partial charge in [0.25, 0.3) is 0 Å². The van der Waals surface area contributed by atoms with Gasteiger partial charge in [0, 0.05) is 36.1 Å². The van der Waals surface area contributed by atoms with Gasteiger partial charge in [-0.15, -0.1) is 6.58 Å². The summed E-state index contributed by atoms with van der Waals surface area (Å²) in [4.78, 5) is 19.1. The van der Waals surface area contributed by atoms with Crippen LogP contribution in [0.3, 0.4) is 0 Å². The molecule has 0 aliphatic carbocycles. The number of carbonyl (C=O) groups excluding carboxylic acids is 1. The van der Waals surface area contributed by atoms with Crippen LogP contribution < -0.4 is 5.32 Å². The molecule has 0 saturated carbocycles. The summed E-state index contributed by atoms with van der Waals surface area (Å²) >= 11 is 0. The molecule has 2 atom stereocenters. The van der Waals surface area contributed by atoms with E-state index in [1.807, 2.05) is 6.08 Å². The van der Waals surface area contributed by atoms with Crippen molar-refractivity contribution in [3.05, 3.63) is 48.2 Å². The number of fused-ring (bicyclic) bond motifs is 5.